The van der Waals surface area contributed by atoms with Crippen molar-refractivity contribution in [3.8, 4) is 0 Å². The molecule has 0 fully saturated rings. The first kappa shape index (κ1) is 17.3. The van der Waals surface area contributed by atoms with Crippen LogP contribution in [0.2, 0.25) is 0 Å². The number of hydrogen-bond donors (Lipinski definition) is 3. The molecule has 7 heteroatoms. The molecule has 0 bridgehead atoms. The third-order valence-corrected chi connectivity index (χ3v) is 3.18. The Labute approximate surface area is 131 Å². The summed E-state index contributed by atoms with van der Waals surface area (Å²) in [5, 5.41) is 11.5. The van der Waals surface area contributed by atoms with E-state index >= 15 is 0 Å². The second-order valence-electron chi connectivity index (χ2n) is 5.60. The summed E-state index contributed by atoms with van der Waals surface area (Å²) in [6.07, 6.45) is -0.627. The monoisotopic (exact) mass is 358 g/mol. The van der Waals surface area contributed by atoms with Gasteiger partial charge in [0.1, 0.15) is 11.6 Å². The lowest BCUT2D eigenvalue weighted by Crippen LogP contribution is -2.44. The molecule has 0 aliphatic carbocycles. The highest BCUT2D eigenvalue weighted by Crippen LogP contribution is 2.21. The lowest BCUT2D eigenvalue weighted by Gasteiger charge is -2.22. The number of halogens is 1. The minimum atomic E-state index is -1.13. The highest BCUT2D eigenvalue weighted by Gasteiger charge is 2.24. The number of carboxylic acid groups (broad SMARTS) is 1. The summed E-state index contributed by atoms with van der Waals surface area (Å²) in [6.45, 7) is 5.12. The van der Waals surface area contributed by atoms with Gasteiger partial charge in [0.05, 0.1) is 0 Å². The topological polar surface area (TPSA) is 102 Å². The van der Waals surface area contributed by atoms with Crippen molar-refractivity contribution in [1.29, 1.82) is 0 Å². The molecule has 0 aliphatic rings. The molecule has 6 nitrogen and oxygen atoms in total. The van der Waals surface area contributed by atoms with E-state index in [1.54, 1.807) is 39.0 Å². The standard InChI is InChI=1S/C14H19BrN2O4/c1-14(2,3)21-13(20)17-11(12(18)19)7-8-4-5-10(16)9(15)6-8/h4-6,11H,7,16H2,1-3H3,(H,17,20)(H,18,19)/t11-/m1/s1. The number of carboxylic acids is 1. The normalized spacial score (nSPS) is 12.6. The van der Waals surface area contributed by atoms with Crippen molar-refractivity contribution in [1.82, 2.24) is 5.32 Å². The van der Waals surface area contributed by atoms with Gasteiger partial charge >= 0.3 is 12.1 Å². The first-order chi connectivity index (χ1) is 9.58. The number of carbonyl (C=O) groups excluding carboxylic acids is 1. The largest absolute Gasteiger partial charge is 0.480 e. The van der Waals surface area contributed by atoms with Crippen LogP contribution in [0, 0.1) is 0 Å². The first-order valence-corrected chi connectivity index (χ1v) is 7.14. The highest BCUT2D eigenvalue weighted by atomic mass is 79.9. The van der Waals surface area contributed by atoms with E-state index in [1.807, 2.05) is 0 Å². The molecule has 116 valence electrons. The molecule has 4 N–H and O–H groups in total. The van der Waals surface area contributed by atoms with Crippen molar-refractivity contribution in [3.63, 3.8) is 0 Å². The number of alkyl carbamates (subject to hydrolysis) is 1. The van der Waals surface area contributed by atoms with Crippen molar-refractivity contribution in [3.05, 3.63) is 28.2 Å². The summed E-state index contributed by atoms with van der Waals surface area (Å²) < 4.78 is 5.74. The lowest BCUT2D eigenvalue weighted by molar-refractivity contribution is -0.139. The second-order valence-corrected chi connectivity index (χ2v) is 6.45. The molecule has 1 aromatic rings. The van der Waals surface area contributed by atoms with E-state index in [1.165, 1.54) is 0 Å². The van der Waals surface area contributed by atoms with Gasteiger partial charge < -0.3 is 20.9 Å². The van der Waals surface area contributed by atoms with Crippen molar-refractivity contribution in [2.45, 2.75) is 38.8 Å². The zero-order chi connectivity index (χ0) is 16.2. The van der Waals surface area contributed by atoms with E-state index < -0.39 is 23.7 Å². The van der Waals surface area contributed by atoms with E-state index in [0.29, 0.717) is 10.2 Å². The summed E-state index contributed by atoms with van der Waals surface area (Å²) in [5.41, 5.74) is 6.29. The van der Waals surface area contributed by atoms with Crippen LogP contribution in [0.4, 0.5) is 10.5 Å². The molecule has 21 heavy (non-hydrogen) atoms. The SMILES string of the molecule is CC(C)(C)OC(=O)N[C@H](Cc1ccc(N)c(Br)c1)C(=O)O. The molecule has 1 atom stereocenters. The number of hydrogen-bond acceptors (Lipinski definition) is 4. The van der Waals surface area contributed by atoms with Gasteiger partial charge in [0.2, 0.25) is 0 Å². The average Bonchev–Trinajstić information content (AvgIpc) is 2.30. The van der Waals surface area contributed by atoms with E-state index in [9.17, 15) is 14.7 Å². The minimum Gasteiger partial charge on any atom is -0.480 e. The van der Waals surface area contributed by atoms with Crippen molar-refractivity contribution < 1.29 is 19.4 Å². The van der Waals surface area contributed by atoms with Crippen molar-refractivity contribution in [2.24, 2.45) is 0 Å². The van der Waals surface area contributed by atoms with Gasteiger partial charge in [-0.15, -0.1) is 0 Å². The fraction of sp³-hybridized carbons (Fsp3) is 0.429. The van der Waals surface area contributed by atoms with E-state index in [4.69, 9.17) is 10.5 Å². The number of rotatable bonds is 4. The van der Waals surface area contributed by atoms with Gasteiger partial charge in [-0.25, -0.2) is 9.59 Å². The summed E-state index contributed by atoms with van der Waals surface area (Å²) in [5.74, 6) is -1.13. The van der Waals surface area contributed by atoms with Crippen LogP contribution in [0.3, 0.4) is 0 Å². The molecule has 0 aliphatic heterocycles. The number of amides is 1. The van der Waals surface area contributed by atoms with Gasteiger partial charge in [-0.1, -0.05) is 6.07 Å². The summed E-state index contributed by atoms with van der Waals surface area (Å²) >= 11 is 3.28. The maximum absolute atomic E-state index is 11.7. The molecule has 1 rings (SSSR count). The van der Waals surface area contributed by atoms with Gasteiger partial charge in [-0.3, -0.25) is 0 Å². The van der Waals surface area contributed by atoms with Crippen LogP contribution in [0.5, 0.6) is 0 Å². The first-order valence-electron chi connectivity index (χ1n) is 6.34. The molecule has 0 saturated carbocycles. The Bertz CT molecular complexity index is 540. The van der Waals surface area contributed by atoms with Gasteiger partial charge in [-0.2, -0.15) is 0 Å². The number of ether oxygens (including phenoxy) is 1. The lowest BCUT2D eigenvalue weighted by atomic mass is 10.1. The van der Waals surface area contributed by atoms with E-state index in [2.05, 4.69) is 21.2 Å². The average molecular weight is 359 g/mol. The Hall–Kier alpha value is -1.76. The molecule has 1 aromatic carbocycles. The molecule has 0 heterocycles. The predicted molar refractivity (Wildman–Crippen MR) is 83.1 cm³/mol. The van der Waals surface area contributed by atoms with Crippen LogP contribution in [-0.4, -0.2) is 28.8 Å². The summed E-state index contributed by atoms with van der Waals surface area (Å²) in [4.78, 5) is 22.9. The van der Waals surface area contributed by atoms with Gasteiger partial charge in [0, 0.05) is 16.6 Å². The molecular weight excluding hydrogens is 340 g/mol. The van der Waals surface area contributed by atoms with Crippen LogP contribution in [0.1, 0.15) is 26.3 Å². The van der Waals surface area contributed by atoms with E-state index in [0.717, 1.165) is 5.56 Å². The summed E-state index contributed by atoms with van der Waals surface area (Å²) in [6, 6.07) is 4.04. The third kappa shape index (κ3) is 6.03. The maximum atomic E-state index is 11.7. The van der Waals surface area contributed by atoms with Crippen LogP contribution >= 0.6 is 15.9 Å². The van der Waals surface area contributed by atoms with Crippen LogP contribution in [0.15, 0.2) is 22.7 Å². The smallest absolute Gasteiger partial charge is 0.408 e. The van der Waals surface area contributed by atoms with Crippen LogP contribution in [-0.2, 0) is 16.0 Å². The van der Waals surface area contributed by atoms with Crippen molar-refractivity contribution >= 4 is 33.7 Å². The maximum Gasteiger partial charge on any atom is 0.408 e. The molecule has 1 amide bonds. The third-order valence-electron chi connectivity index (χ3n) is 2.49. The Morgan fingerprint density at radius 1 is 1.43 bits per heavy atom. The zero-order valence-electron chi connectivity index (χ0n) is 12.1. The molecular formula is C14H19BrN2O4. The Morgan fingerprint density at radius 3 is 2.52 bits per heavy atom. The molecule has 0 radical (unpaired) electrons. The van der Waals surface area contributed by atoms with Crippen LogP contribution < -0.4 is 11.1 Å². The molecule has 0 aromatic heterocycles. The number of nitrogens with one attached hydrogen (secondary N) is 1. The number of nitrogens with two attached hydrogens (primary N) is 1. The minimum absolute atomic E-state index is 0.132. The molecule has 0 saturated heterocycles. The van der Waals surface area contributed by atoms with Crippen LogP contribution in [0.25, 0.3) is 0 Å². The number of anilines is 1. The summed E-state index contributed by atoms with van der Waals surface area (Å²) in [7, 11) is 0. The van der Waals surface area contributed by atoms with Gasteiger partial charge in [0.15, 0.2) is 0 Å². The quantitative estimate of drug-likeness (QED) is 0.717. The fourth-order valence-electron chi connectivity index (χ4n) is 1.58. The fourth-order valence-corrected chi connectivity index (χ4v) is 2.01. The number of aliphatic carboxylic acids is 1. The number of benzene rings is 1. The van der Waals surface area contributed by atoms with Gasteiger partial charge in [0.25, 0.3) is 0 Å². The highest BCUT2D eigenvalue weighted by molar-refractivity contribution is 9.10. The predicted octanol–water partition coefficient (Wildman–Crippen LogP) is 2.55. The molecule has 0 spiro atoms. The Morgan fingerprint density at radius 2 is 2.05 bits per heavy atom. The van der Waals surface area contributed by atoms with Gasteiger partial charge in [-0.05, 0) is 54.4 Å². The number of nitrogen functional groups attached to an aromatic ring is 1. The van der Waals surface area contributed by atoms with Crippen molar-refractivity contribution in [2.75, 3.05) is 5.73 Å². The van der Waals surface area contributed by atoms with E-state index in [-0.39, 0.29) is 6.42 Å². The number of carbonyl (C=O) groups is 2. The second kappa shape index (κ2) is 6.80. The Kier molecular flexibility index (Phi) is 5.60. The zero-order valence-corrected chi connectivity index (χ0v) is 13.7. The molecule has 0 unspecified atom stereocenters. The Balaban J connectivity index is 2.76.